The number of hydrogen-bond acceptors (Lipinski definition) is 2. The van der Waals surface area contributed by atoms with E-state index in [1.54, 1.807) is 0 Å². The van der Waals surface area contributed by atoms with Crippen LogP contribution in [0.2, 0.25) is 0 Å². The van der Waals surface area contributed by atoms with E-state index in [-0.39, 0.29) is 5.91 Å². The van der Waals surface area contributed by atoms with Gasteiger partial charge in [-0.3, -0.25) is 4.79 Å². The second-order valence-electron chi connectivity index (χ2n) is 5.59. The zero-order valence-corrected chi connectivity index (χ0v) is 12.7. The highest BCUT2D eigenvalue weighted by atomic mass is 16.5. The number of carbonyl (C=O) groups is 1. The molecule has 1 N–H and O–H groups in total. The number of carbonyl (C=O) groups excluding carboxylic acids is 1. The minimum atomic E-state index is 0.0254. The fourth-order valence-electron chi connectivity index (χ4n) is 1.96. The zero-order chi connectivity index (χ0) is 15.2. The summed E-state index contributed by atoms with van der Waals surface area (Å²) in [5, 5.41) is 2.89. The quantitative estimate of drug-likeness (QED) is 0.858. The molecule has 2 rings (SSSR count). The molecule has 0 bridgehead atoms. The summed E-state index contributed by atoms with van der Waals surface area (Å²) in [5.74, 6) is 1.86. The summed E-state index contributed by atoms with van der Waals surface area (Å²) in [6, 6.07) is 15.3. The van der Waals surface area contributed by atoms with Gasteiger partial charge in [0.1, 0.15) is 11.5 Å². The normalized spacial score (nSPS) is 10.5. The Bertz CT molecular complexity index is 603. The van der Waals surface area contributed by atoms with E-state index < -0.39 is 0 Å². The van der Waals surface area contributed by atoms with Crippen molar-refractivity contribution in [1.82, 2.24) is 0 Å². The summed E-state index contributed by atoms with van der Waals surface area (Å²) in [6.07, 6.45) is 0.517. The monoisotopic (exact) mass is 283 g/mol. The van der Waals surface area contributed by atoms with E-state index in [9.17, 15) is 4.79 Å². The van der Waals surface area contributed by atoms with Crippen molar-refractivity contribution >= 4 is 11.6 Å². The molecule has 2 aromatic carbocycles. The van der Waals surface area contributed by atoms with Crippen molar-refractivity contribution in [2.45, 2.75) is 27.2 Å². The maximum atomic E-state index is 11.8. The topological polar surface area (TPSA) is 38.3 Å². The fourth-order valence-corrected chi connectivity index (χ4v) is 1.96. The number of anilines is 1. The predicted octanol–water partition coefficient (Wildman–Crippen LogP) is 4.77. The van der Waals surface area contributed by atoms with Gasteiger partial charge in [0.2, 0.25) is 5.91 Å². The molecule has 3 heteroatoms. The van der Waals surface area contributed by atoms with Crippen molar-refractivity contribution in [2.75, 3.05) is 5.32 Å². The predicted molar refractivity (Wildman–Crippen MR) is 85.8 cm³/mol. The molecule has 0 heterocycles. The van der Waals surface area contributed by atoms with Crippen LogP contribution in [0.1, 0.15) is 25.8 Å². The Balaban J connectivity index is 2.03. The highest BCUT2D eigenvalue weighted by Gasteiger charge is 2.06. The summed E-state index contributed by atoms with van der Waals surface area (Å²) in [4.78, 5) is 11.8. The molecule has 0 spiro atoms. The maximum absolute atomic E-state index is 11.8. The standard InChI is InChI=1S/C18H21NO2/c1-13(2)11-18(20)19-15-5-4-6-17(12-15)21-16-9-7-14(3)8-10-16/h4-10,12-13H,11H2,1-3H3,(H,19,20). The second-order valence-corrected chi connectivity index (χ2v) is 5.59. The van der Waals surface area contributed by atoms with Gasteiger partial charge < -0.3 is 10.1 Å². The highest BCUT2D eigenvalue weighted by Crippen LogP contribution is 2.24. The Morgan fingerprint density at radius 3 is 2.48 bits per heavy atom. The number of rotatable bonds is 5. The van der Waals surface area contributed by atoms with Crippen molar-refractivity contribution in [2.24, 2.45) is 5.92 Å². The lowest BCUT2D eigenvalue weighted by Gasteiger charge is -2.10. The van der Waals surface area contributed by atoms with Crippen molar-refractivity contribution in [1.29, 1.82) is 0 Å². The van der Waals surface area contributed by atoms with Crippen LogP contribution in [-0.4, -0.2) is 5.91 Å². The maximum Gasteiger partial charge on any atom is 0.224 e. The van der Waals surface area contributed by atoms with E-state index in [1.165, 1.54) is 5.56 Å². The number of amides is 1. The van der Waals surface area contributed by atoms with E-state index in [1.807, 2.05) is 69.3 Å². The first kappa shape index (κ1) is 15.1. The van der Waals surface area contributed by atoms with Crippen LogP contribution in [0.25, 0.3) is 0 Å². The van der Waals surface area contributed by atoms with Crippen molar-refractivity contribution < 1.29 is 9.53 Å². The Hall–Kier alpha value is -2.29. The minimum Gasteiger partial charge on any atom is -0.457 e. The van der Waals surface area contributed by atoms with Gasteiger partial charge in [0.05, 0.1) is 0 Å². The van der Waals surface area contributed by atoms with Gasteiger partial charge in [-0.1, -0.05) is 37.6 Å². The lowest BCUT2D eigenvalue weighted by molar-refractivity contribution is -0.116. The van der Waals surface area contributed by atoms with Crippen LogP contribution in [-0.2, 0) is 4.79 Å². The number of nitrogens with one attached hydrogen (secondary N) is 1. The SMILES string of the molecule is Cc1ccc(Oc2cccc(NC(=O)CC(C)C)c2)cc1. The van der Waals surface area contributed by atoms with Crippen LogP contribution >= 0.6 is 0 Å². The van der Waals surface area contributed by atoms with E-state index in [4.69, 9.17) is 4.74 Å². The van der Waals surface area contributed by atoms with Crippen molar-refractivity contribution in [3.8, 4) is 11.5 Å². The first-order chi connectivity index (χ1) is 10.0. The molecular weight excluding hydrogens is 262 g/mol. The Labute approximate surface area is 126 Å². The largest absolute Gasteiger partial charge is 0.457 e. The van der Waals surface area contributed by atoms with Crippen LogP contribution in [0.15, 0.2) is 48.5 Å². The van der Waals surface area contributed by atoms with Gasteiger partial charge >= 0.3 is 0 Å². The lowest BCUT2D eigenvalue weighted by Crippen LogP contribution is -2.13. The Morgan fingerprint density at radius 1 is 1.10 bits per heavy atom. The highest BCUT2D eigenvalue weighted by molar-refractivity contribution is 5.91. The molecule has 0 fully saturated rings. The molecule has 110 valence electrons. The van der Waals surface area contributed by atoms with Gasteiger partial charge in [-0.15, -0.1) is 0 Å². The summed E-state index contributed by atoms with van der Waals surface area (Å²) < 4.78 is 5.79. The average Bonchev–Trinajstić information content (AvgIpc) is 2.41. The lowest BCUT2D eigenvalue weighted by atomic mass is 10.1. The fraction of sp³-hybridized carbons (Fsp3) is 0.278. The van der Waals surface area contributed by atoms with Gasteiger partial charge in [0, 0.05) is 18.2 Å². The van der Waals surface area contributed by atoms with Gasteiger partial charge in [-0.05, 0) is 37.1 Å². The van der Waals surface area contributed by atoms with E-state index in [0.717, 1.165) is 11.4 Å². The number of ether oxygens (including phenoxy) is 1. The molecule has 0 saturated carbocycles. The van der Waals surface area contributed by atoms with E-state index >= 15 is 0 Å². The summed E-state index contributed by atoms with van der Waals surface area (Å²) in [5.41, 5.74) is 1.95. The Kier molecular flexibility index (Phi) is 4.99. The van der Waals surface area contributed by atoms with Crippen molar-refractivity contribution in [3.05, 3.63) is 54.1 Å². The van der Waals surface area contributed by atoms with Crippen LogP contribution in [0.5, 0.6) is 11.5 Å². The van der Waals surface area contributed by atoms with Crippen LogP contribution in [0, 0.1) is 12.8 Å². The molecule has 0 saturated heterocycles. The molecule has 0 aliphatic carbocycles. The van der Waals surface area contributed by atoms with Crippen LogP contribution in [0.3, 0.4) is 0 Å². The van der Waals surface area contributed by atoms with Crippen LogP contribution in [0.4, 0.5) is 5.69 Å². The molecule has 0 atom stereocenters. The molecule has 3 nitrogen and oxygen atoms in total. The van der Waals surface area contributed by atoms with Crippen molar-refractivity contribution in [3.63, 3.8) is 0 Å². The minimum absolute atomic E-state index is 0.0254. The molecule has 21 heavy (non-hydrogen) atoms. The molecule has 0 unspecified atom stereocenters. The summed E-state index contributed by atoms with van der Waals surface area (Å²) in [7, 11) is 0. The van der Waals surface area contributed by atoms with Gasteiger partial charge in [-0.25, -0.2) is 0 Å². The number of aryl methyl sites for hydroxylation is 1. The smallest absolute Gasteiger partial charge is 0.224 e. The molecule has 1 amide bonds. The van der Waals surface area contributed by atoms with E-state index in [2.05, 4.69) is 5.32 Å². The zero-order valence-electron chi connectivity index (χ0n) is 12.7. The first-order valence-electron chi connectivity index (χ1n) is 7.17. The third-order valence-electron chi connectivity index (χ3n) is 2.97. The number of hydrogen-bond donors (Lipinski definition) is 1. The molecular formula is C18H21NO2. The van der Waals surface area contributed by atoms with Gasteiger partial charge in [0.15, 0.2) is 0 Å². The molecule has 0 radical (unpaired) electrons. The summed E-state index contributed by atoms with van der Waals surface area (Å²) in [6.45, 7) is 6.08. The molecule has 2 aromatic rings. The van der Waals surface area contributed by atoms with Crippen LogP contribution < -0.4 is 10.1 Å². The third-order valence-corrected chi connectivity index (χ3v) is 2.97. The molecule has 0 aliphatic heterocycles. The second kappa shape index (κ2) is 6.93. The van der Waals surface area contributed by atoms with Gasteiger partial charge in [-0.2, -0.15) is 0 Å². The molecule has 0 aromatic heterocycles. The first-order valence-corrected chi connectivity index (χ1v) is 7.17. The third kappa shape index (κ3) is 4.95. The van der Waals surface area contributed by atoms with E-state index in [0.29, 0.717) is 18.1 Å². The van der Waals surface area contributed by atoms with Gasteiger partial charge in [0.25, 0.3) is 0 Å². The summed E-state index contributed by atoms with van der Waals surface area (Å²) >= 11 is 0. The average molecular weight is 283 g/mol. The number of benzene rings is 2. The Morgan fingerprint density at radius 2 is 1.81 bits per heavy atom. The molecule has 0 aliphatic rings.